The zero-order chi connectivity index (χ0) is 18.6. The molecule has 140 valence electrons. The molecule has 1 heterocycles. The Morgan fingerprint density at radius 1 is 1.08 bits per heavy atom. The van der Waals surface area contributed by atoms with Gasteiger partial charge in [0.25, 0.3) is 0 Å². The van der Waals surface area contributed by atoms with Gasteiger partial charge in [-0.3, -0.25) is 0 Å². The van der Waals surface area contributed by atoms with Crippen LogP contribution in [0, 0.1) is 5.92 Å². The standard InChI is InChI=1S/C21H27NO3S/c1-3-18-15-25-21-11-10-17(14-22-26(23,24)4-2)13-20(21)19(18)12-16-8-6-5-7-9-16/h5-11,13,18-19,22H,3-4,12,14-15H2,1-2H3. The van der Waals surface area contributed by atoms with E-state index in [-0.39, 0.29) is 5.75 Å². The molecule has 2 aromatic rings. The highest BCUT2D eigenvalue weighted by Crippen LogP contribution is 2.41. The minimum Gasteiger partial charge on any atom is -0.493 e. The van der Waals surface area contributed by atoms with Crippen molar-refractivity contribution in [3.63, 3.8) is 0 Å². The molecule has 1 aliphatic heterocycles. The number of hydrogen-bond donors (Lipinski definition) is 1. The summed E-state index contributed by atoms with van der Waals surface area (Å²) < 4.78 is 32.1. The quantitative estimate of drug-likeness (QED) is 0.801. The Labute approximate surface area is 156 Å². The number of rotatable bonds is 7. The number of fused-ring (bicyclic) bond motifs is 1. The smallest absolute Gasteiger partial charge is 0.211 e. The van der Waals surface area contributed by atoms with Crippen molar-refractivity contribution in [1.29, 1.82) is 0 Å². The molecule has 0 saturated carbocycles. The summed E-state index contributed by atoms with van der Waals surface area (Å²) in [5.41, 5.74) is 3.49. The van der Waals surface area contributed by atoms with E-state index in [2.05, 4.69) is 42.0 Å². The Morgan fingerprint density at radius 2 is 1.85 bits per heavy atom. The Kier molecular flexibility index (Phi) is 5.99. The fraction of sp³-hybridized carbons (Fsp3) is 0.429. The van der Waals surface area contributed by atoms with Crippen LogP contribution in [0.25, 0.3) is 0 Å². The van der Waals surface area contributed by atoms with Gasteiger partial charge in [-0.25, -0.2) is 13.1 Å². The first-order valence-electron chi connectivity index (χ1n) is 9.29. The highest BCUT2D eigenvalue weighted by Gasteiger charge is 2.30. The van der Waals surface area contributed by atoms with Gasteiger partial charge in [0.15, 0.2) is 0 Å². The third-order valence-corrected chi connectivity index (χ3v) is 6.54. The number of sulfonamides is 1. The van der Waals surface area contributed by atoms with Crippen molar-refractivity contribution >= 4 is 10.0 Å². The first-order chi connectivity index (χ1) is 12.5. The van der Waals surface area contributed by atoms with Crippen LogP contribution in [0.15, 0.2) is 48.5 Å². The van der Waals surface area contributed by atoms with E-state index in [1.807, 2.05) is 18.2 Å². The van der Waals surface area contributed by atoms with Gasteiger partial charge in [0.1, 0.15) is 5.75 Å². The minimum absolute atomic E-state index is 0.0928. The lowest BCUT2D eigenvalue weighted by atomic mass is 9.78. The molecule has 0 amide bonds. The molecule has 2 unspecified atom stereocenters. The maximum absolute atomic E-state index is 11.7. The molecule has 0 saturated heterocycles. The van der Waals surface area contributed by atoms with Crippen molar-refractivity contribution < 1.29 is 13.2 Å². The average Bonchev–Trinajstić information content (AvgIpc) is 2.67. The third-order valence-electron chi connectivity index (χ3n) is 5.19. The maximum atomic E-state index is 11.7. The van der Waals surface area contributed by atoms with E-state index in [0.717, 1.165) is 30.8 Å². The summed E-state index contributed by atoms with van der Waals surface area (Å²) in [6.45, 7) is 4.90. The highest BCUT2D eigenvalue weighted by atomic mass is 32.2. The average molecular weight is 374 g/mol. The van der Waals surface area contributed by atoms with Crippen molar-refractivity contribution in [1.82, 2.24) is 4.72 Å². The molecular weight excluding hydrogens is 346 g/mol. The predicted octanol–water partition coefficient (Wildman–Crippen LogP) is 3.87. The molecule has 0 aromatic heterocycles. The van der Waals surface area contributed by atoms with E-state index in [0.29, 0.717) is 18.4 Å². The van der Waals surface area contributed by atoms with Gasteiger partial charge in [0, 0.05) is 12.5 Å². The normalized spacial score (nSPS) is 19.6. The van der Waals surface area contributed by atoms with Crippen molar-refractivity contribution in [3.8, 4) is 5.75 Å². The fourth-order valence-electron chi connectivity index (χ4n) is 3.54. The number of benzene rings is 2. The van der Waals surface area contributed by atoms with E-state index >= 15 is 0 Å². The second kappa shape index (κ2) is 8.23. The monoisotopic (exact) mass is 373 g/mol. The van der Waals surface area contributed by atoms with Crippen LogP contribution in [-0.4, -0.2) is 20.8 Å². The van der Waals surface area contributed by atoms with Gasteiger partial charge in [-0.2, -0.15) is 0 Å². The van der Waals surface area contributed by atoms with Gasteiger partial charge >= 0.3 is 0 Å². The van der Waals surface area contributed by atoms with Gasteiger partial charge < -0.3 is 4.74 Å². The largest absolute Gasteiger partial charge is 0.493 e. The summed E-state index contributed by atoms with van der Waals surface area (Å²) in [6.07, 6.45) is 2.03. The molecule has 2 atom stereocenters. The lowest BCUT2D eigenvalue weighted by Crippen LogP contribution is -2.28. The van der Waals surface area contributed by atoms with Gasteiger partial charge in [0.05, 0.1) is 12.4 Å². The van der Waals surface area contributed by atoms with Crippen LogP contribution in [0.4, 0.5) is 0 Å². The summed E-state index contributed by atoms with van der Waals surface area (Å²) in [7, 11) is -3.20. The van der Waals surface area contributed by atoms with Crippen LogP contribution in [0.2, 0.25) is 0 Å². The minimum atomic E-state index is -3.20. The first-order valence-corrected chi connectivity index (χ1v) is 10.9. The molecule has 5 heteroatoms. The van der Waals surface area contributed by atoms with Crippen LogP contribution >= 0.6 is 0 Å². The molecule has 1 N–H and O–H groups in total. The zero-order valence-electron chi connectivity index (χ0n) is 15.4. The molecular formula is C21H27NO3S. The fourth-order valence-corrected chi connectivity index (χ4v) is 4.13. The Hall–Kier alpha value is -1.85. The molecule has 26 heavy (non-hydrogen) atoms. The summed E-state index contributed by atoms with van der Waals surface area (Å²) in [6, 6.07) is 16.6. The van der Waals surface area contributed by atoms with Gasteiger partial charge in [-0.1, -0.05) is 49.4 Å². The van der Waals surface area contributed by atoms with E-state index < -0.39 is 10.0 Å². The molecule has 0 radical (unpaired) electrons. The molecule has 3 rings (SSSR count). The van der Waals surface area contributed by atoms with Crippen molar-refractivity contribution in [2.75, 3.05) is 12.4 Å². The third kappa shape index (κ3) is 4.46. The number of ether oxygens (including phenoxy) is 1. The molecule has 0 bridgehead atoms. The van der Waals surface area contributed by atoms with Gasteiger partial charge in [-0.05, 0) is 48.4 Å². The first kappa shape index (κ1) is 18.9. The summed E-state index contributed by atoms with van der Waals surface area (Å²) >= 11 is 0. The van der Waals surface area contributed by atoms with E-state index in [1.54, 1.807) is 6.92 Å². The molecule has 0 fully saturated rings. The molecule has 0 spiro atoms. The molecule has 4 nitrogen and oxygen atoms in total. The molecule has 2 aromatic carbocycles. The van der Waals surface area contributed by atoms with E-state index in [9.17, 15) is 8.42 Å². The molecule has 1 aliphatic rings. The van der Waals surface area contributed by atoms with Crippen molar-refractivity contribution in [2.45, 2.75) is 39.2 Å². The maximum Gasteiger partial charge on any atom is 0.211 e. The van der Waals surface area contributed by atoms with Crippen LogP contribution in [0.1, 0.15) is 42.9 Å². The van der Waals surface area contributed by atoms with Crippen LogP contribution in [0.3, 0.4) is 0 Å². The van der Waals surface area contributed by atoms with Crippen LogP contribution in [-0.2, 0) is 23.0 Å². The summed E-state index contributed by atoms with van der Waals surface area (Å²) in [5, 5.41) is 0. The van der Waals surface area contributed by atoms with Gasteiger partial charge in [-0.15, -0.1) is 0 Å². The Balaban J connectivity index is 1.87. The lowest BCUT2D eigenvalue weighted by Gasteiger charge is -2.33. The van der Waals surface area contributed by atoms with Gasteiger partial charge in [0.2, 0.25) is 10.0 Å². The Morgan fingerprint density at radius 3 is 2.54 bits per heavy atom. The Bertz CT molecular complexity index is 834. The van der Waals surface area contributed by atoms with Crippen molar-refractivity contribution in [3.05, 3.63) is 65.2 Å². The topological polar surface area (TPSA) is 55.4 Å². The van der Waals surface area contributed by atoms with E-state index in [1.165, 1.54) is 11.1 Å². The second-order valence-corrected chi connectivity index (χ2v) is 8.97. The number of hydrogen-bond acceptors (Lipinski definition) is 3. The van der Waals surface area contributed by atoms with Crippen molar-refractivity contribution in [2.24, 2.45) is 5.92 Å². The predicted molar refractivity (Wildman–Crippen MR) is 105 cm³/mol. The second-order valence-electron chi connectivity index (χ2n) is 6.87. The van der Waals surface area contributed by atoms with E-state index in [4.69, 9.17) is 4.74 Å². The summed E-state index contributed by atoms with van der Waals surface area (Å²) in [5.74, 6) is 1.87. The summed E-state index contributed by atoms with van der Waals surface area (Å²) in [4.78, 5) is 0. The number of nitrogens with one attached hydrogen (secondary N) is 1. The van der Waals surface area contributed by atoms with Crippen LogP contribution in [0.5, 0.6) is 5.75 Å². The van der Waals surface area contributed by atoms with Crippen LogP contribution < -0.4 is 9.46 Å². The SMILES string of the molecule is CCC1COc2ccc(CNS(=O)(=O)CC)cc2C1Cc1ccccc1. The molecule has 0 aliphatic carbocycles. The zero-order valence-corrected chi connectivity index (χ0v) is 16.3. The highest BCUT2D eigenvalue weighted by molar-refractivity contribution is 7.89. The lowest BCUT2D eigenvalue weighted by molar-refractivity contribution is 0.188.